The van der Waals surface area contributed by atoms with E-state index in [9.17, 15) is 95.5 Å². The van der Waals surface area contributed by atoms with Gasteiger partial charge in [-0.1, -0.05) is 6.07 Å². The normalized spacial score (nSPS) is 19.7. The molecule has 14 unspecified atom stereocenters. The Bertz CT molecular complexity index is 1810. The minimum absolute atomic E-state index is 0. The van der Waals surface area contributed by atoms with Crippen molar-refractivity contribution in [3.8, 4) is 0 Å². The van der Waals surface area contributed by atoms with Crippen LogP contribution in [0, 0.1) is 0 Å². The first-order chi connectivity index (χ1) is 35.2. The molecule has 30 heteroatoms. The fraction of sp³-hybridized carbons (Fsp3) is 0.783. The van der Waals surface area contributed by atoms with E-state index >= 15 is 0 Å². The van der Waals surface area contributed by atoms with Crippen LogP contribution < -0.4 is 0 Å². The van der Waals surface area contributed by atoms with Crippen LogP contribution in [-0.4, -0.2) is 330 Å². The van der Waals surface area contributed by atoms with E-state index in [2.05, 4.69) is 0 Å². The number of amides is 3. The van der Waals surface area contributed by atoms with E-state index in [1.165, 1.54) is 21.1 Å². The molecule has 1 radical (unpaired) electrons. The monoisotopic (exact) mass is 1140 g/mol. The van der Waals surface area contributed by atoms with Crippen molar-refractivity contribution in [2.45, 2.75) is 137 Å². The van der Waals surface area contributed by atoms with Gasteiger partial charge in [0.15, 0.2) is 0 Å². The van der Waals surface area contributed by atoms with Gasteiger partial charge in [0.1, 0.15) is 85.3 Å². The van der Waals surface area contributed by atoms with E-state index in [0.717, 1.165) is 14.7 Å². The van der Waals surface area contributed by atoms with Gasteiger partial charge in [0.05, 0.1) is 31.2 Å². The van der Waals surface area contributed by atoms with Gasteiger partial charge < -0.3 is 106 Å². The first-order valence-corrected chi connectivity index (χ1v) is 24.5. The van der Waals surface area contributed by atoms with Crippen LogP contribution in [0.4, 0.5) is 0 Å². The van der Waals surface area contributed by atoms with Crippen molar-refractivity contribution in [3.05, 3.63) is 29.6 Å². The molecule has 29 nitrogen and oxygen atoms in total. The predicted octanol–water partition coefficient (Wildman–Crippen LogP) is -9.07. The summed E-state index contributed by atoms with van der Waals surface area (Å²) in [5.41, 5.74) is 0.714. The summed E-state index contributed by atoms with van der Waals surface area (Å²) in [7, 11) is 3.86. The minimum atomic E-state index is -1.95. The molecule has 0 saturated heterocycles. The van der Waals surface area contributed by atoms with E-state index in [1.807, 2.05) is 4.90 Å². The maximum Gasteiger partial charge on any atom is 0.320 e. The van der Waals surface area contributed by atoms with Crippen molar-refractivity contribution in [1.82, 2.24) is 34.4 Å². The Morgan fingerprint density at radius 3 is 1.11 bits per heavy atom. The van der Waals surface area contributed by atoms with E-state index in [4.69, 9.17) is 20.3 Å². The zero-order chi connectivity index (χ0) is 56.9. The van der Waals surface area contributed by atoms with Crippen LogP contribution in [0.15, 0.2) is 18.2 Å². The molecule has 17 N–H and O–H groups in total. The summed E-state index contributed by atoms with van der Waals surface area (Å²) < 4.78 is 0. The minimum Gasteiger partial charge on any atom is -0.480 e. The van der Waals surface area contributed by atoms with Gasteiger partial charge in [-0.05, 0) is 37.9 Å². The average molecular weight is 1140 g/mol. The van der Waals surface area contributed by atoms with Crippen molar-refractivity contribution >= 4 is 29.7 Å². The van der Waals surface area contributed by atoms with Crippen molar-refractivity contribution in [3.63, 3.8) is 0 Å². The molecule has 3 amide bonds. The molecule has 76 heavy (non-hydrogen) atoms. The molecule has 439 valence electrons. The Balaban J connectivity index is 0.0000289. The molecule has 0 aromatic carbocycles. The Labute approximate surface area is 450 Å². The fourth-order valence-electron chi connectivity index (χ4n) is 8.32. The summed E-state index contributed by atoms with van der Waals surface area (Å²) in [6, 6.07) is 2.21. The van der Waals surface area contributed by atoms with Gasteiger partial charge in [-0.3, -0.25) is 38.8 Å². The number of aromatic nitrogens is 1. The quantitative estimate of drug-likeness (QED) is 0.0298. The Kier molecular flexibility index (Phi) is 32.4. The number of aliphatic hydroxyl groups is 15. The van der Waals surface area contributed by atoms with Gasteiger partial charge in [0, 0.05) is 116 Å². The summed E-state index contributed by atoms with van der Waals surface area (Å²) >= 11 is 0. The van der Waals surface area contributed by atoms with E-state index < -0.39 is 154 Å². The average Bonchev–Trinajstić information content (AvgIpc) is 3.37. The Morgan fingerprint density at radius 2 is 0.803 bits per heavy atom. The molecule has 1 aliphatic heterocycles. The molecule has 2 bridgehead atoms. The zero-order valence-corrected chi connectivity index (χ0v) is 44.1. The predicted molar refractivity (Wildman–Crippen MR) is 258 cm³/mol. The van der Waals surface area contributed by atoms with E-state index in [-0.39, 0.29) is 101 Å². The molecule has 0 saturated carbocycles. The largest absolute Gasteiger partial charge is 0.480 e. The van der Waals surface area contributed by atoms with Gasteiger partial charge in [-0.2, -0.15) is 0 Å². The van der Waals surface area contributed by atoms with Crippen LogP contribution in [0.2, 0.25) is 0 Å². The molecule has 0 aliphatic carbocycles. The van der Waals surface area contributed by atoms with Crippen LogP contribution in [-0.2, 0) is 54.1 Å². The summed E-state index contributed by atoms with van der Waals surface area (Å²) in [4.78, 5) is 78.5. The number of likely N-dealkylation sites (N-methyl/N-ethyl adjacent to an activating group) is 3. The third kappa shape index (κ3) is 22.6. The number of aliphatic hydroxyl groups excluding tert-OH is 15. The number of carboxylic acid groups (broad SMARTS) is 2. The number of fused-ring (bicyclic) bond motifs is 2. The maximum absolute atomic E-state index is 13.3. The molecule has 2 heterocycles. The number of hydrogen-bond acceptors (Lipinski definition) is 24. The second kappa shape index (κ2) is 35.0. The fourth-order valence-corrected chi connectivity index (χ4v) is 8.32. The van der Waals surface area contributed by atoms with Crippen LogP contribution >= 0.6 is 0 Å². The number of nitrogens with zero attached hydrogens (tertiary/aromatic N) is 7. The molecule has 1 aromatic rings. The zero-order valence-electron chi connectivity index (χ0n) is 42.9. The van der Waals surface area contributed by atoms with Crippen molar-refractivity contribution in [2.24, 2.45) is 0 Å². The second-order valence-corrected chi connectivity index (χ2v) is 19.0. The molecule has 0 fully saturated rings. The van der Waals surface area contributed by atoms with Crippen molar-refractivity contribution in [1.29, 1.82) is 0 Å². The van der Waals surface area contributed by atoms with Crippen LogP contribution in [0.25, 0.3) is 0 Å². The summed E-state index contributed by atoms with van der Waals surface area (Å²) in [6.45, 7) is -4.13. The molecule has 1 aromatic heterocycles. The summed E-state index contributed by atoms with van der Waals surface area (Å²) in [6.07, 6.45) is -23.5. The molecule has 1 aliphatic rings. The maximum atomic E-state index is 13.3. The van der Waals surface area contributed by atoms with E-state index in [1.54, 1.807) is 28.0 Å². The van der Waals surface area contributed by atoms with Crippen LogP contribution in [0.5, 0.6) is 0 Å². The SMILES string of the molecule is CN(CC(O)C(O)C(O)C(O)CO)C(=O)CCCN1CCN(C(CCC(=O)N(C)CC(O)C(O)C(O)C(O)CO)C(=O)O)Cc2cccc(n2)CN(C(CCC(=O)N(C)CC(O)C(O)C(O)C(O)CO)C(=O)O)CC1.[Mn]. The van der Waals surface area contributed by atoms with Crippen molar-refractivity contribution in [2.75, 3.05) is 93.3 Å². The first kappa shape index (κ1) is 70.3. The van der Waals surface area contributed by atoms with Crippen LogP contribution in [0.1, 0.15) is 49.9 Å². The second-order valence-electron chi connectivity index (χ2n) is 19.0. The number of hydrogen-bond donors (Lipinski definition) is 17. The first-order valence-electron chi connectivity index (χ1n) is 24.5. The molecule has 14 atom stereocenters. The number of aliphatic carboxylic acids is 2. The van der Waals surface area contributed by atoms with E-state index in [0.29, 0.717) is 11.4 Å². The van der Waals surface area contributed by atoms with Crippen LogP contribution in [0.3, 0.4) is 0 Å². The smallest absolute Gasteiger partial charge is 0.320 e. The van der Waals surface area contributed by atoms with Gasteiger partial charge in [-0.25, -0.2) is 0 Å². The van der Waals surface area contributed by atoms with Gasteiger partial charge in [0.2, 0.25) is 17.7 Å². The third-order valence-electron chi connectivity index (χ3n) is 13.2. The standard InChI is InChI=1S/C46H81N7O22.Mn/c1-48(20-30(57)39(66)42(69)33(60)23-54)36(63)8-5-13-51-14-16-52(28(45(72)73)9-11-37(64)49(2)21-31(58)40(67)43(70)34(61)24-55)18-26-6-4-7-27(47-26)19-53(17-15-51)29(46(74)75)10-12-38(65)50(3)22-32(59)41(68)44(71)35(62)25-56;/h4,6-7,28-35,39-44,54-62,66-71H,5,8-25H2,1-3H3,(H,72,73)(H,74,75);. The number of rotatable bonds is 32. The molecule has 2 rings (SSSR count). The third-order valence-corrected chi connectivity index (χ3v) is 13.2. The molecule has 0 spiro atoms. The Hall–Kier alpha value is -3.70. The van der Waals surface area contributed by atoms with Gasteiger partial charge >= 0.3 is 11.9 Å². The molecular formula is C46H81MnN7O22. The summed E-state index contributed by atoms with van der Waals surface area (Å²) in [5, 5.41) is 170. The number of carbonyl (C=O) groups is 5. The molecular weight excluding hydrogens is 1060 g/mol. The number of carbonyl (C=O) groups excluding carboxylic acids is 3. The van der Waals surface area contributed by atoms with Gasteiger partial charge in [-0.15, -0.1) is 0 Å². The number of carboxylic acids is 2. The Morgan fingerprint density at radius 1 is 0.500 bits per heavy atom. The topological polar surface area (TPSA) is 462 Å². The summed E-state index contributed by atoms with van der Waals surface area (Å²) in [5.74, 6) is -4.43. The van der Waals surface area contributed by atoms with Gasteiger partial charge in [0.25, 0.3) is 0 Å². The van der Waals surface area contributed by atoms with Crippen molar-refractivity contribution < 1.29 is 128 Å². The number of pyridine rings is 1.